The monoisotopic (exact) mass is 182 g/mol. The summed E-state index contributed by atoms with van der Waals surface area (Å²) in [5, 5.41) is 0. The summed E-state index contributed by atoms with van der Waals surface area (Å²) in [5.41, 5.74) is 5.54. The molecule has 2 N–H and O–H groups in total. The number of hydrogen-bond donors (Lipinski definition) is 1. The molecule has 0 aromatic carbocycles. The summed E-state index contributed by atoms with van der Waals surface area (Å²) in [7, 11) is 0. The minimum Gasteiger partial charge on any atom is -0.326 e. The van der Waals surface area contributed by atoms with Crippen molar-refractivity contribution in [3.8, 4) is 0 Å². The first-order chi connectivity index (χ1) is 5.88. The molecule has 1 aromatic rings. The molecule has 2 rings (SSSR count). The maximum atomic E-state index is 5.54. The number of thiophene rings is 1. The first-order valence-corrected chi connectivity index (χ1v) is 5.20. The van der Waals surface area contributed by atoms with Gasteiger partial charge in [-0.25, -0.2) is 0 Å². The minimum atomic E-state index is 0.685. The molecule has 3 heteroatoms. The molecule has 1 fully saturated rings. The van der Waals surface area contributed by atoms with Crippen LogP contribution in [0.2, 0.25) is 0 Å². The smallest absolute Gasteiger partial charge is 0.0328 e. The summed E-state index contributed by atoms with van der Waals surface area (Å²) in [5.74, 6) is 0. The zero-order valence-corrected chi connectivity index (χ0v) is 7.94. The SMILES string of the molecule is NCc1ccc(CN2CCC2)s1. The van der Waals surface area contributed by atoms with Gasteiger partial charge in [-0.2, -0.15) is 0 Å². The van der Waals surface area contributed by atoms with Crippen LogP contribution < -0.4 is 5.73 Å². The molecule has 0 saturated carbocycles. The average Bonchev–Trinajstić information content (AvgIpc) is 2.44. The normalized spacial score (nSPS) is 17.8. The molecule has 0 unspecified atom stereocenters. The lowest BCUT2D eigenvalue weighted by atomic mass is 10.2. The third-order valence-corrected chi connectivity index (χ3v) is 3.34. The number of nitrogens with zero attached hydrogens (tertiary/aromatic N) is 1. The molecule has 12 heavy (non-hydrogen) atoms. The van der Waals surface area contributed by atoms with E-state index in [1.54, 1.807) is 0 Å². The van der Waals surface area contributed by atoms with Gasteiger partial charge in [0, 0.05) is 22.8 Å². The standard InChI is InChI=1S/C9H14N2S/c10-6-8-2-3-9(12-8)7-11-4-1-5-11/h2-3H,1,4-7,10H2. The van der Waals surface area contributed by atoms with Crippen LogP contribution in [0.5, 0.6) is 0 Å². The van der Waals surface area contributed by atoms with E-state index < -0.39 is 0 Å². The Bertz CT molecular complexity index is 253. The van der Waals surface area contributed by atoms with Gasteiger partial charge in [-0.05, 0) is 31.6 Å². The van der Waals surface area contributed by atoms with E-state index in [9.17, 15) is 0 Å². The summed E-state index contributed by atoms with van der Waals surface area (Å²) in [6.07, 6.45) is 1.37. The van der Waals surface area contributed by atoms with Crippen LogP contribution in [0.3, 0.4) is 0 Å². The maximum Gasteiger partial charge on any atom is 0.0328 e. The van der Waals surface area contributed by atoms with Crippen molar-refractivity contribution in [3.63, 3.8) is 0 Å². The highest BCUT2D eigenvalue weighted by Gasteiger charge is 2.14. The van der Waals surface area contributed by atoms with Crippen molar-refractivity contribution in [2.75, 3.05) is 13.1 Å². The van der Waals surface area contributed by atoms with Gasteiger partial charge in [-0.3, -0.25) is 4.90 Å². The molecule has 1 aliphatic heterocycles. The molecule has 2 nitrogen and oxygen atoms in total. The molecule has 0 spiro atoms. The van der Waals surface area contributed by atoms with Gasteiger partial charge in [0.15, 0.2) is 0 Å². The Morgan fingerprint density at radius 1 is 1.33 bits per heavy atom. The van der Waals surface area contributed by atoms with Crippen molar-refractivity contribution in [2.45, 2.75) is 19.5 Å². The largest absolute Gasteiger partial charge is 0.326 e. The first-order valence-electron chi connectivity index (χ1n) is 4.38. The Balaban J connectivity index is 1.93. The Morgan fingerprint density at radius 3 is 2.58 bits per heavy atom. The number of likely N-dealkylation sites (tertiary alicyclic amines) is 1. The molecule has 2 heterocycles. The molecule has 66 valence electrons. The van der Waals surface area contributed by atoms with Crippen LogP contribution in [0, 0.1) is 0 Å². The quantitative estimate of drug-likeness (QED) is 0.766. The summed E-state index contributed by atoms with van der Waals surface area (Å²) in [4.78, 5) is 5.22. The van der Waals surface area contributed by atoms with E-state index in [0.29, 0.717) is 6.54 Å². The van der Waals surface area contributed by atoms with Gasteiger partial charge < -0.3 is 5.73 Å². The van der Waals surface area contributed by atoms with Crippen molar-refractivity contribution in [3.05, 3.63) is 21.9 Å². The van der Waals surface area contributed by atoms with Gasteiger partial charge in [-0.15, -0.1) is 11.3 Å². The van der Waals surface area contributed by atoms with E-state index in [-0.39, 0.29) is 0 Å². The maximum absolute atomic E-state index is 5.54. The zero-order chi connectivity index (χ0) is 8.39. The predicted octanol–water partition coefficient (Wildman–Crippen LogP) is 1.41. The third kappa shape index (κ3) is 1.68. The highest BCUT2D eigenvalue weighted by molar-refractivity contribution is 7.11. The van der Waals surface area contributed by atoms with E-state index in [1.165, 1.54) is 29.3 Å². The number of nitrogens with two attached hydrogens (primary N) is 1. The average molecular weight is 182 g/mol. The van der Waals surface area contributed by atoms with Gasteiger partial charge in [-0.1, -0.05) is 0 Å². The van der Waals surface area contributed by atoms with Crippen molar-refractivity contribution in [2.24, 2.45) is 5.73 Å². The summed E-state index contributed by atoms with van der Waals surface area (Å²) in [6.45, 7) is 4.36. The lowest BCUT2D eigenvalue weighted by molar-refractivity contribution is 0.174. The second-order valence-electron chi connectivity index (χ2n) is 3.20. The second kappa shape index (κ2) is 3.56. The molecule has 1 aromatic heterocycles. The molecular formula is C9H14N2S. The van der Waals surface area contributed by atoms with E-state index in [0.717, 1.165) is 6.54 Å². The fourth-order valence-corrected chi connectivity index (χ4v) is 2.32. The van der Waals surface area contributed by atoms with Crippen LogP contribution in [-0.4, -0.2) is 18.0 Å². The van der Waals surface area contributed by atoms with Gasteiger partial charge in [0.25, 0.3) is 0 Å². The van der Waals surface area contributed by atoms with Gasteiger partial charge >= 0.3 is 0 Å². The summed E-state index contributed by atoms with van der Waals surface area (Å²) < 4.78 is 0. The van der Waals surface area contributed by atoms with Gasteiger partial charge in [0.05, 0.1) is 0 Å². The van der Waals surface area contributed by atoms with E-state index in [2.05, 4.69) is 17.0 Å². The number of rotatable bonds is 3. The van der Waals surface area contributed by atoms with Crippen LogP contribution in [0.4, 0.5) is 0 Å². The molecule has 0 atom stereocenters. The van der Waals surface area contributed by atoms with Gasteiger partial charge in [0.2, 0.25) is 0 Å². The topological polar surface area (TPSA) is 29.3 Å². The molecular weight excluding hydrogens is 168 g/mol. The minimum absolute atomic E-state index is 0.685. The Hall–Kier alpha value is -0.380. The summed E-state index contributed by atoms with van der Waals surface area (Å²) >= 11 is 1.84. The lowest BCUT2D eigenvalue weighted by Crippen LogP contribution is -2.35. The van der Waals surface area contributed by atoms with Crippen molar-refractivity contribution in [1.82, 2.24) is 4.90 Å². The predicted molar refractivity (Wildman–Crippen MR) is 52.1 cm³/mol. The lowest BCUT2D eigenvalue weighted by Gasteiger charge is -2.29. The Kier molecular flexibility index (Phi) is 2.44. The van der Waals surface area contributed by atoms with Crippen molar-refractivity contribution in [1.29, 1.82) is 0 Å². The molecule has 1 saturated heterocycles. The van der Waals surface area contributed by atoms with Crippen LogP contribution in [-0.2, 0) is 13.1 Å². The Morgan fingerprint density at radius 2 is 2.08 bits per heavy atom. The molecule has 0 aliphatic carbocycles. The van der Waals surface area contributed by atoms with Gasteiger partial charge in [0.1, 0.15) is 0 Å². The molecule has 0 amide bonds. The fourth-order valence-electron chi connectivity index (χ4n) is 1.38. The van der Waals surface area contributed by atoms with Crippen LogP contribution in [0.1, 0.15) is 16.2 Å². The Labute approximate surface area is 77.0 Å². The van der Waals surface area contributed by atoms with Crippen LogP contribution in [0.25, 0.3) is 0 Å². The van der Waals surface area contributed by atoms with E-state index in [1.807, 2.05) is 11.3 Å². The highest BCUT2D eigenvalue weighted by atomic mass is 32.1. The molecule has 0 bridgehead atoms. The zero-order valence-electron chi connectivity index (χ0n) is 7.12. The number of hydrogen-bond acceptors (Lipinski definition) is 3. The third-order valence-electron chi connectivity index (χ3n) is 2.25. The highest BCUT2D eigenvalue weighted by Crippen LogP contribution is 2.19. The van der Waals surface area contributed by atoms with E-state index in [4.69, 9.17) is 5.73 Å². The van der Waals surface area contributed by atoms with E-state index >= 15 is 0 Å². The van der Waals surface area contributed by atoms with Crippen LogP contribution in [0.15, 0.2) is 12.1 Å². The summed E-state index contributed by atoms with van der Waals surface area (Å²) in [6, 6.07) is 4.34. The first kappa shape index (κ1) is 8.23. The van der Waals surface area contributed by atoms with Crippen molar-refractivity contribution >= 4 is 11.3 Å². The fraction of sp³-hybridized carbons (Fsp3) is 0.556. The van der Waals surface area contributed by atoms with Crippen LogP contribution >= 0.6 is 11.3 Å². The molecule has 1 aliphatic rings. The molecule has 0 radical (unpaired) electrons. The van der Waals surface area contributed by atoms with Crippen molar-refractivity contribution < 1.29 is 0 Å². The second-order valence-corrected chi connectivity index (χ2v) is 4.45.